The monoisotopic (exact) mass is 261 g/mol. The molecule has 0 spiro atoms. The Morgan fingerprint density at radius 2 is 2.37 bits per heavy atom. The Hall–Kier alpha value is -1.71. The van der Waals surface area contributed by atoms with Gasteiger partial charge in [-0.05, 0) is 13.8 Å². The maximum atomic E-state index is 8.95. The Kier molecular flexibility index (Phi) is 4.66. The molecule has 0 aliphatic carbocycles. The zero-order valence-electron chi connectivity index (χ0n) is 11.3. The van der Waals surface area contributed by atoms with Crippen molar-refractivity contribution >= 4 is 5.82 Å². The van der Waals surface area contributed by atoms with E-state index in [1.807, 2.05) is 6.07 Å². The lowest BCUT2D eigenvalue weighted by atomic mass is 10.2. The Bertz CT molecular complexity index is 459. The molecule has 102 valence electrons. The predicted octanol–water partition coefficient (Wildman–Crippen LogP) is 0.869. The highest BCUT2D eigenvalue weighted by Gasteiger charge is 2.23. The van der Waals surface area contributed by atoms with Gasteiger partial charge in [-0.2, -0.15) is 5.26 Å². The maximum absolute atomic E-state index is 8.95. The Labute approximate surface area is 113 Å². The molecule has 2 rings (SSSR count). The SMILES string of the molecule is C[C@H](CNc1nccnc1C#N)N1CCOC[C@H]1C. The molecule has 6 nitrogen and oxygen atoms in total. The van der Waals surface area contributed by atoms with Crippen LogP contribution in [0.1, 0.15) is 19.5 Å². The maximum Gasteiger partial charge on any atom is 0.182 e. The molecule has 1 aromatic heterocycles. The highest BCUT2D eigenvalue weighted by molar-refractivity contribution is 5.46. The van der Waals surface area contributed by atoms with Crippen LogP contribution in [0.25, 0.3) is 0 Å². The van der Waals surface area contributed by atoms with Crippen molar-refractivity contribution in [2.24, 2.45) is 0 Å². The topological polar surface area (TPSA) is 74.1 Å². The van der Waals surface area contributed by atoms with Crippen molar-refractivity contribution in [2.75, 3.05) is 31.6 Å². The van der Waals surface area contributed by atoms with E-state index < -0.39 is 0 Å². The van der Waals surface area contributed by atoms with Gasteiger partial charge in [-0.15, -0.1) is 0 Å². The van der Waals surface area contributed by atoms with Gasteiger partial charge in [0.2, 0.25) is 0 Å². The van der Waals surface area contributed by atoms with Crippen LogP contribution in [-0.2, 0) is 4.74 Å². The van der Waals surface area contributed by atoms with E-state index in [2.05, 4.69) is 34.0 Å². The summed E-state index contributed by atoms with van der Waals surface area (Å²) < 4.78 is 5.43. The average molecular weight is 261 g/mol. The highest BCUT2D eigenvalue weighted by atomic mass is 16.5. The fraction of sp³-hybridized carbons (Fsp3) is 0.615. The van der Waals surface area contributed by atoms with Crippen LogP contribution in [0.5, 0.6) is 0 Å². The molecule has 19 heavy (non-hydrogen) atoms. The average Bonchev–Trinajstić information content (AvgIpc) is 2.45. The summed E-state index contributed by atoms with van der Waals surface area (Å²) in [6.07, 6.45) is 3.11. The number of anilines is 1. The Balaban J connectivity index is 1.93. The molecule has 6 heteroatoms. The Morgan fingerprint density at radius 1 is 1.58 bits per heavy atom. The van der Waals surface area contributed by atoms with E-state index in [-0.39, 0.29) is 0 Å². The number of ether oxygens (including phenoxy) is 1. The van der Waals surface area contributed by atoms with Crippen LogP contribution in [0.2, 0.25) is 0 Å². The van der Waals surface area contributed by atoms with Gasteiger partial charge in [-0.3, -0.25) is 4.90 Å². The number of morpholine rings is 1. The van der Waals surface area contributed by atoms with Gasteiger partial charge < -0.3 is 10.1 Å². The molecule has 0 bridgehead atoms. The fourth-order valence-electron chi connectivity index (χ4n) is 2.31. The van der Waals surface area contributed by atoms with E-state index >= 15 is 0 Å². The number of rotatable bonds is 4. The van der Waals surface area contributed by atoms with Crippen LogP contribution in [0, 0.1) is 11.3 Å². The third-order valence-electron chi connectivity index (χ3n) is 3.35. The molecule has 0 aromatic carbocycles. The lowest BCUT2D eigenvalue weighted by Crippen LogP contribution is -2.50. The normalized spacial score (nSPS) is 21.6. The number of nitrogens with one attached hydrogen (secondary N) is 1. The van der Waals surface area contributed by atoms with Gasteiger partial charge in [-0.25, -0.2) is 9.97 Å². The van der Waals surface area contributed by atoms with Crippen LogP contribution in [0.15, 0.2) is 12.4 Å². The standard InChI is InChI=1S/C13H19N5O/c1-10(18-5-6-19-9-11(18)2)8-17-13-12(7-14)15-3-4-16-13/h3-4,10-11H,5-6,8-9H2,1-2H3,(H,16,17)/t10-,11-/m1/s1. The van der Waals surface area contributed by atoms with Crippen LogP contribution < -0.4 is 5.32 Å². The van der Waals surface area contributed by atoms with Gasteiger partial charge in [-0.1, -0.05) is 0 Å². The van der Waals surface area contributed by atoms with Crippen molar-refractivity contribution in [1.82, 2.24) is 14.9 Å². The molecular weight excluding hydrogens is 242 g/mol. The van der Waals surface area contributed by atoms with Crippen molar-refractivity contribution in [3.8, 4) is 6.07 Å². The summed E-state index contributed by atoms with van der Waals surface area (Å²) in [6, 6.07) is 2.81. The third kappa shape index (κ3) is 3.40. The first-order chi connectivity index (χ1) is 9.22. The first kappa shape index (κ1) is 13.7. The van der Waals surface area contributed by atoms with Crippen molar-refractivity contribution < 1.29 is 4.74 Å². The van der Waals surface area contributed by atoms with Crippen LogP contribution in [0.3, 0.4) is 0 Å². The van der Waals surface area contributed by atoms with E-state index in [1.165, 1.54) is 6.20 Å². The van der Waals surface area contributed by atoms with E-state index in [4.69, 9.17) is 10.00 Å². The molecule has 1 aromatic rings. The smallest absolute Gasteiger partial charge is 0.182 e. The van der Waals surface area contributed by atoms with Gasteiger partial charge >= 0.3 is 0 Å². The zero-order chi connectivity index (χ0) is 13.7. The van der Waals surface area contributed by atoms with Gasteiger partial charge in [0.1, 0.15) is 6.07 Å². The minimum atomic E-state index is 0.338. The van der Waals surface area contributed by atoms with Crippen LogP contribution >= 0.6 is 0 Å². The van der Waals surface area contributed by atoms with E-state index in [9.17, 15) is 0 Å². The van der Waals surface area contributed by atoms with Gasteiger partial charge in [0, 0.05) is 37.6 Å². The highest BCUT2D eigenvalue weighted by Crippen LogP contribution is 2.12. The van der Waals surface area contributed by atoms with Gasteiger partial charge in [0.05, 0.1) is 13.2 Å². The quantitative estimate of drug-likeness (QED) is 0.867. The predicted molar refractivity (Wildman–Crippen MR) is 71.7 cm³/mol. The lowest BCUT2D eigenvalue weighted by Gasteiger charge is -2.37. The Morgan fingerprint density at radius 3 is 3.11 bits per heavy atom. The van der Waals surface area contributed by atoms with Crippen LogP contribution in [0.4, 0.5) is 5.82 Å². The lowest BCUT2D eigenvalue weighted by molar-refractivity contribution is -0.0159. The summed E-state index contributed by atoms with van der Waals surface area (Å²) in [5.74, 6) is 0.553. The largest absolute Gasteiger partial charge is 0.379 e. The van der Waals surface area contributed by atoms with Gasteiger partial charge in [0.15, 0.2) is 11.5 Å². The van der Waals surface area contributed by atoms with E-state index in [0.717, 1.165) is 26.3 Å². The number of aromatic nitrogens is 2. The molecule has 1 saturated heterocycles. The molecule has 0 radical (unpaired) electrons. The second-order valence-corrected chi connectivity index (χ2v) is 4.76. The summed E-state index contributed by atoms with van der Waals surface area (Å²) >= 11 is 0. The van der Waals surface area contributed by atoms with Crippen molar-refractivity contribution in [3.05, 3.63) is 18.1 Å². The minimum absolute atomic E-state index is 0.338. The molecule has 1 aliphatic rings. The summed E-state index contributed by atoms with van der Waals surface area (Å²) in [5, 5.41) is 12.2. The molecule has 2 heterocycles. The summed E-state index contributed by atoms with van der Waals surface area (Å²) in [7, 11) is 0. The second kappa shape index (κ2) is 6.45. The molecular formula is C13H19N5O. The van der Waals surface area contributed by atoms with Crippen LogP contribution in [-0.4, -0.2) is 53.3 Å². The van der Waals surface area contributed by atoms with Crippen molar-refractivity contribution in [2.45, 2.75) is 25.9 Å². The van der Waals surface area contributed by atoms with E-state index in [0.29, 0.717) is 23.6 Å². The number of hydrogen-bond acceptors (Lipinski definition) is 6. The molecule has 2 atom stereocenters. The molecule has 1 aliphatic heterocycles. The molecule has 0 saturated carbocycles. The van der Waals surface area contributed by atoms with E-state index in [1.54, 1.807) is 6.20 Å². The number of hydrogen-bond donors (Lipinski definition) is 1. The minimum Gasteiger partial charge on any atom is -0.379 e. The number of nitriles is 1. The fourth-order valence-corrected chi connectivity index (χ4v) is 2.31. The first-order valence-electron chi connectivity index (χ1n) is 6.51. The second-order valence-electron chi connectivity index (χ2n) is 4.76. The molecule has 1 fully saturated rings. The summed E-state index contributed by atoms with van der Waals surface area (Å²) in [5.41, 5.74) is 0.338. The first-order valence-corrected chi connectivity index (χ1v) is 6.51. The summed E-state index contributed by atoms with van der Waals surface area (Å²) in [6.45, 7) is 7.56. The summed E-state index contributed by atoms with van der Waals surface area (Å²) in [4.78, 5) is 10.5. The third-order valence-corrected chi connectivity index (χ3v) is 3.35. The van der Waals surface area contributed by atoms with Crippen molar-refractivity contribution in [3.63, 3.8) is 0 Å². The zero-order valence-corrected chi connectivity index (χ0v) is 11.3. The molecule has 0 unspecified atom stereocenters. The van der Waals surface area contributed by atoms with Gasteiger partial charge in [0.25, 0.3) is 0 Å². The molecule has 1 N–H and O–H groups in total. The number of nitrogens with zero attached hydrogens (tertiary/aromatic N) is 4. The van der Waals surface area contributed by atoms with Crippen molar-refractivity contribution in [1.29, 1.82) is 5.26 Å². The molecule has 0 amide bonds.